The third-order valence-corrected chi connectivity index (χ3v) is 7.01. The van der Waals surface area contributed by atoms with Gasteiger partial charge in [0.2, 0.25) is 0 Å². The van der Waals surface area contributed by atoms with Crippen molar-refractivity contribution in [2.75, 3.05) is 20.1 Å². The lowest BCUT2D eigenvalue weighted by Crippen LogP contribution is -2.51. The van der Waals surface area contributed by atoms with Gasteiger partial charge in [-0.15, -0.1) is 11.3 Å². The molecule has 5 rings (SSSR count). The van der Waals surface area contributed by atoms with Crippen LogP contribution in [0.25, 0.3) is 21.2 Å². The summed E-state index contributed by atoms with van der Waals surface area (Å²) in [6.07, 6.45) is 5.44. The average Bonchev–Trinajstić information content (AvgIpc) is 3.06. The standard InChI is InChI=1S/C24H23NO3S/c1-25-13-20(14-25)28-19-9-4-15(5-10-19)23-21-11-8-18(27)12-22(21)29-24(23)16-2-6-17(26)7-3-16/h2,4-6,8-12,16,20,27H,3,7,13-14H2,1H3. The molecule has 4 nitrogen and oxygen atoms in total. The number of fused-ring (bicyclic) bond motifs is 1. The van der Waals surface area contributed by atoms with Crippen LogP contribution in [0.2, 0.25) is 0 Å². The van der Waals surface area contributed by atoms with Crippen LogP contribution < -0.4 is 4.74 Å². The van der Waals surface area contributed by atoms with Crippen molar-refractivity contribution in [2.24, 2.45) is 0 Å². The van der Waals surface area contributed by atoms with E-state index in [1.165, 1.54) is 10.4 Å². The normalized spacial score (nSPS) is 20.2. The van der Waals surface area contributed by atoms with Crippen LogP contribution in [0.5, 0.6) is 11.5 Å². The SMILES string of the molecule is CN1CC(Oc2ccc(-c3c(C4C=CC(=O)CC4)sc4cc(O)ccc34)cc2)C1. The molecule has 2 aliphatic rings. The Kier molecular flexibility index (Phi) is 4.64. The smallest absolute Gasteiger partial charge is 0.155 e. The summed E-state index contributed by atoms with van der Waals surface area (Å²) in [7, 11) is 2.09. The molecule has 1 unspecified atom stereocenters. The van der Waals surface area contributed by atoms with E-state index in [0.29, 0.717) is 6.42 Å². The predicted octanol–water partition coefficient (Wildman–Crippen LogP) is 4.97. The molecule has 1 saturated heterocycles. The summed E-state index contributed by atoms with van der Waals surface area (Å²) in [4.78, 5) is 15.1. The predicted molar refractivity (Wildman–Crippen MR) is 117 cm³/mol. The van der Waals surface area contributed by atoms with E-state index in [-0.39, 0.29) is 23.6 Å². The van der Waals surface area contributed by atoms with Crippen LogP contribution in [0.4, 0.5) is 0 Å². The van der Waals surface area contributed by atoms with E-state index in [9.17, 15) is 9.90 Å². The molecule has 0 amide bonds. The molecule has 5 heteroatoms. The fraction of sp³-hybridized carbons (Fsp3) is 0.292. The van der Waals surface area contributed by atoms with Gasteiger partial charge in [0.05, 0.1) is 0 Å². The van der Waals surface area contributed by atoms with E-state index in [4.69, 9.17) is 4.74 Å². The van der Waals surface area contributed by atoms with Crippen LogP contribution in [0, 0.1) is 0 Å². The Morgan fingerprint density at radius 2 is 1.93 bits per heavy atom. The number of phenolic OH excluding ortho intramolecular Hbond substituents is 1. The number of carbonyl (C=O) groups is 1. The fourth-order valence-electron chi connectivity index (χ4n) is 4.19. The number of benzene rings is 2. The number of carbonyl (C=O) groups excluding carboxylic acids is 1. The molecule has 0 saturated carbocycles. The summed E-state index contributed by atoms with van der Waals surface area (Å²) in [6.45, 7) is 1.94. The molecule has 1 N–H and O–H groups in total. The maximum Gasteiger partial charge on any atom is 0.155 e. The molecule has 2 aromatic carbocycles. The number of hydrogen-bond acceptors (Lipinski definition) is 5. The lowest BCUT2D eigenvalue weighted by atomic mass is 9.89. The molecule has 0 radical (unpaired) electrons. The van der Waals surface area contributed by atoms with E-state index in [1.807, 2.05) is 30.3 Å². The van der Waals surface area contributed by atoms with Gasteiger partial charge >= 0.3 is 0 Å². The number of hydrogen-bond donors (Lipinski definition) is 1. The molecule has 1 aliphatic carbocycles. The fourth-order valence-corrected chi connectivity index (χ4v) is 5.57. The van der Waals surface area contributed by atoms with Gasteiger partial charge in [0.1, 0.15) is 17.6 Å². The Morgan fingerprint density at radius 3 is 2.62 bits per heavy atom. The van der Waals surface area contributed by atoms with Gasteiger partial charge in [-0.2, -0.15) is 0 Å². The maximum atomic E-state index is 11.7. The summed E-state index contributed by atoms with van der Waals surface area (Å²) in [5.41, 5.74) is 2.34. The largest absolute Gasteiger partial charge is 0.508 e. The Labute approximate surface area is 174 Å². The van der Waals surface area contributed by atoms with E-state index in [0.717, 1.165) is 40.9 Å². The van der Waals surface area contributed by atoms with E-state index in [2.05, 4.69) is 24.1 Å². The topological polar surface area (TPSA) is 49.8 Å². The molecule has 1 aliphatic heterocycles. The number of ketones is 1. The van der Waals surface area contributed by atoms with E-state index >= 15 is 0 Å². The van der Waals surface area contributed by atoms with Crippen molar-refractivity contribution in [3.05, 3.63) is 59.5 Å². The van der Waals surface area contributed by atoms with Crippen molar-refractivity contribution in [1.29, 1.82) is 0 Å². The number of likely N-dealkylation sites (N-methyl/N-ethyl adjacent to an activating group) is 1. The number of phenols is 1. The third-order valence-electron chi connectivity index (χ3n) is 5.73. The molecular formula is C24H23NO3S. The summed E-state index contributed by atoms with van der Waals surface area (Å²) >= 11 is 1.71. The molecule has 1 fully saturated rings. The average molecular weight is 406 g/mol. The lowest BCUT2D eigenvalue weighted by Gasteiger charge is -2.36. The van der Waals surface area contributed by atoms with Crippen molar-refractivity contribution in [3.63, 3.8) is 0 Å². The van der Waals surface area contributed by atoms with Gasteiger partial charge in [-0.1, -0.05) is 18.2 Å². The minimum Gasteiger partial charge on any atom is -0.508 e. The van der Waals surface area contributed by atoms with Crippen LogP contribution >= 0.6 is 11.3 Å². The number of allylic oxidation sites excluding steroid dienone is 2. The van der Waals surface area contributed by atoms with Gasteiger partial charge < -0.3 is 9.84 Å². The zero-order chi connectivity index (χ0) is 20.0. The maximum absolute atomic E-state index is 11.7. The van der Waals surface area contributed by atoms with Crippen molar-refractivity contribution in [3.8, 4) is 22.6 Å². The number of nitrogens with zero attached hydrogens (tertiary/aromatic N) is 1. The lowest BCUT2D eigenvalue weighted by molar-refractivity contribution is -0.115. The van der Waals surface area contributed by atoms with Gasteiger partial charge in [0.25, 0.3) is 0 Å². The van der Waals surface area contributed by atoms with Gasteiger partial charge in [-0.05, 0) is 55.4 Å². The van der Waals surface area contributed by atoms with Gasteiger partial charge in [0.15, 0.2) is 5.78 Å². The van der Waals surface area contributed by atoms with E-state index < -0.39 is 0 Å². The first-order valence-electron chi connectivity index (χ1n) is 9.99. The quantitative estimate of drug-likeness (QED) is 0.666. The molecule has 29 heavy (non-hydrogen) atoms. The van der Waals surface area contributed by atoms with E-state index in [1.54, 1.807) is 23.5 Å². The Balaban J connectivity index is 1.53. The van der Waals surface area contributed by atoms with Crippen molar-refractivity contribution < 1.29 is 14.6 Å². The molecule has 1 aromatic heterocycles. The second-order valence-electron chi connectivity index (χ2n) is 7.98. The highest BCUT2D eigenvalue weighted by molar-refractivity contribution is 7.19. The summed E-state index contributed by atoms with van der Waals surface area (Å²) in [5, 5.41) is 11.1. The summed E-state index contributed by atoms with van der Waals surface area (Å²) in [6, 6.07) is 13.9. The number of rotatable bonds is 4. The van der Waals surface area contributed by atoms with Crippen LogP contribution in [0.1, 0.15) is 23.6 Å². The molecule has 2 heterocycles. The minimum absolute atomic E-state index is 0.199. The highest BCUT2D eigenvalue weighted by Crippen LogP contribution is 2.46. The number of thiophene rings is 1. The van der Waals surface area contributed by atoms with Crippen LogP contribution in [-0.2, 0) is 4.79 Å². The van der Waals surface area contributed by atoms with Gasteiger partial charge in [-0.25, -0.2) is 0 Å². The van der Waals surface area contributed by atoms with Crippen LogP contribution in [-0.4, -0.2) is 42.0 Å². The summed E-state index contributed by atoms with van der Waals surface area (Å²) < 4.78 is 7.10. The molecule has 0 spiro atoms. The Morgan fingerprint density at radius 1 is 1.14 bits per heavy atom. The zero-order valence-corrected chi connectivity index (χ0v) is 17.1. The monoisotopic (exact) mass is 405 g/mol. The van der Waals surface area contributed by atoms with Crippen LogP contribution in [0.15, 0.2) is 54.6 Å². The Hall–Kier alpha value is -2.63. The van der Waals surface area contributed by atoms with Crippen molar-refractivity contribution in [2.45, 2.75) is 24.9 Å². The molecular weight excluding hydrogens is 382 g/mol. The highest BCUT2D eigenvalue weighted by Gasteiger charge is 2.25. The molecule has 0 bridgehead atoms. The van der Waals surface area contributed by atoms with Gasteiger partial charge in [0, 0.05) is 46.0 Å². The number of aromatic hydroxyl groups is 1. The molecule has 1 atom stereocenters. The third kappa shape index (κ3) is 3.56. The molecule has 3 aromatic rings. The first-order chi connectivity index (χ1) is 14.1. The minimum atomic E-state index is 0.199. The zero-order valence-electron chi connectivity index (χ0n) is 16.3. The number of likely N-dealkylation sites (tertiary alicyclic amines) is 1. The number of ether oxygens (including phenoxy) is 1. The second kappa shape index (κ2) is 7.32. The highest BCUT2D eigenvalue weighted by atomic mass is 32.1. The first kappa shape index (κ1) is 18.4. The summed E-state index contributed by atoms with van der Waals surface area (Å²) in [5.74, 6) is 1.60. The van der Waals surface area contributed by atoms with Crippen molar-refractivity contribution in [1.82, 2.24) is 4.90 Å². The van der Waals surface area contributed by atoms with Crippen molar-refractivity contribution >= 4 is 27.2 Å². The second-order valence-corrected chi connectivity index (χ2v) is 9.06. The van der Waals surface area contributed by atoms with Gasteiger partial charge in [-0.3, -0.25) is 9.69 Å². The Bertz CT molecular complexity index is 1090. The van der Waals surface area contributed by atoms with Crippen LogP contribution in [0.3, 0.4) is 0 Å². The first-order valence-corrected chi connectivity index (χ1v) is 10.8. The molecule has 148 valence electrons.